The molecule has 2 aromatic carbocycles. The van der Waals surface area contributed by atoms with Gasteiger partial charge in [0.2, 0.25) is 0 Å². The van der Waals surface area contributed by atoms with Gasteiger partial charge in [-0.25, -0.2) is 4.79 Å². The highest BCUT2D eigenvalue weighted by Gasteiger charge is 2.30. The van der Waals surface area contributed by atoms with Crippen LogP contribution in [0.15, 0.2) is 54.6 Å². The average Bonchev–Trinajstić information content (AvgIpc) is 2.68. The fourth-order valence-corrected chi connectivity index (χ4v) is 3.40. The van der Waals surface area contributed by atoms with Gasteiger partial charge in [-0.05, 0) is 36.8 Å². The van der Waals surface area contributed by atoms with Crippen molar-refractivity contribution in [3.05, 3.63) is 65.9 Å². The molecule has 0 unspecified atom stereocenters. The number of methoxy groups -OCH3 is 1. The SMILES string of the molecule is COc1ccc2nc(C)cc(N3CC(NC(=O)OCc4ccccc4)C3)c2c1. The lowest BCUT2D eigenvalue weighted by Gasteiger charge is -2.41. The minimum absolute atomic E-state index is 0.0670. The number of aryl methyl sites for hydroxylation is 1. The van der Waals surface area contributed by atoms with E-state index in [1.165, 1.54) is 0 Å². The molecular weight excluding hydrogens is 354 g/mol. The Morgan fingerprint density at radius 1 is 1.18 bits per heavy atom. The Bertz CT molecular complexity index is 985. The third-order valence-corrected chi connectivity index (χ3v) is 4.88. The number of hydrogen-bond donors (Lipinski definition) is 1. The topological polar surface area (TPSA) is 63.7 Å². The summed E-state index contributed by atoms with van der Waals surface area (Å²) in [6, 6.07) is 17.7. The first-order valence-corrected chi connectivity index (χ1v) is 9.30. The Morgan fingerprint density at radius 3 is 2.71 bits per heavy atom. The van der Waals surface area contributed by atoms with E-state index in [9.17, 15) is 4.79 Å². The van der Waals surface area contributed by atoms with Crippen LogP contribution in [0.25, 0.3) is 10.9 Å². The third-order valence-electron chi connectivity index (χ3n) is 4.88. The van der Waals surface area contributed by atoms with Crippen LogP contribution in [0.3, 0.4) is 0 Å². The van der Waals surface area contributed by atoms with E-state index in [-0.39, 0.29) is 18.7 Å². The fraction of sp³-hybridized carbons (Fsp3) is 0.273. The summed E-state index contributed by atoms with van der Waals surface area (Å²) in [7, 11) is 1.66. The van der Waals surface area contributed by atoms with Crippen molar-refractivity contribution in [3.63, 3.8) is 0 Å². The maximum absolute atomic E-state index is 12.0. The molecule has 1 saturated heterocycles. The molecule has 1 N–H and O–H groups in total. The molecule has 3 aromatic rings. The quantitative estimate of drug-likeness (QED) is 0.735. The molecule has 1 fully saturated rings. The minimum atomic E-state index is -0.383. The van der Waals surface area contributed by atoms with Gasteiger partial charge in [0.25, 0.3) is 0 Å². The number of alkyl carbamates (subject to hydrolysis) is 1. The van der Waals surface area contributed by atoms with Gasteiger partial charge >= 0.3 is 6.09 Å². The van der Waals surface area contributed by atoms with Crippen LogP contribution in [0.4, 0.5) is 10.5 Å². The largest absolute Gasteiger partial charge is 0.497 e. The highest BCUT2D eigenvalue weighted by Crippen LogP contribution is 2.32. The molecule has 1 aromatic heterocycles. The molecule has 4 rings (SSSR count). The highest BCUT2D eigenvalue weighted by molar-refractivity contribution is 5.93. The number of carbonyl (C=O) groups excluding carboxylic acids is 1. The number of rotatable bonds is 5. The van der Waals surface area contributed by atoms with Gasteiger partial charge in [-0.3, -0.25) is 4.98 Å². The standard InChI is InChI=1S/C22H23N3O3/c1-15-10-21(19-11-18(27-2)8-9-20(19)23-15)25-12-17(13-25)24-22(26)28-14-16-6-4-3-5-7-16/h3-11,17H,12-14H2,1-2H3,(H,24,26). The number of carbonyl (C=O) groups is 1. The highest BCUT2D eigenvalue weighted by atomic mass is 16.5. The number of aromatic nitrogens is 1. The van der Waals surface area contributed by atoms with Crippen LogP contribution in [-0.4, -0.2) is 37.3 Å². The molecule has 6 heteroatoms. The van der Waals surface area contributed by atoms with Crippen molar-refractivity contribution in [3.8, 4) is 5.75 Å². The molecular formula is C22H23N3O3. The molecule has 0 spiro atoms. The lowest BCUT2D eigenvalue weighted by Crippen LogP contribution is -2.59. The van der Waals surface area contributed by atoms with Gasteiger partial charge in [0.05, 0.1) is 18.7 Å². The average molecular weight is 377 g/mol. The van der Waals surface area contributed by atoms with E-state index >= 15 is 0 Å². The van der Waals surface area contributed by atoms with Gasteiger partial charge in [0.1, 0.15) is 12.4 Å². The maximum atomic E-state index is 12.0. The molecule has 0 aliphatic carbocycles. The zero-order valence-electron chi connectivity index (χ0n) is 16.0. The maximum Gasteiger partial charge on any atom is 0.407 e. The number of nitrogens with zero attached hydrogens (tertiary/aromatic N) is 2. The van der Waals surface area contributed by atoms with Crippen LogP contribution in [0.2, 0.25) is 0 Å². The molecule has 1 aliphatic rings. The van der Waals surface area contributed by atoms with Crippen molar-refractivity contribution in [1.29, 1.82) is 0 Å². The number of nitrogens with one attached hydrogen (secondary N) is 1. The second-order valence-corrected chi connectivity index (χ2v) is 6.97. The number of fused-ring (bicyclic) bond motifs is 1. The first-order valence-electron chi connectivity index (χ1n) is 9.30. The van der Waals surface area contributed by atoms with Crippen LogP contribution >= 0.6 is 0 Å². The summed E-state index contributed by atoms with van der Waals surface area (Å²) in [4.78, 5) is 18.9. The zero-order chi connectivity index (χ0) is 19.5. The van der Waals surface area contributed by atoms with E-state index in [1.807, 2.05) is 55.5 Å². The molecule has 0 radical (unpaired) electrons. The normalized spacial score (nSPS) is 13.9. The van der Waals surface area contributed by atoms with E-state index < -0.39 is 0 Å². The van der Waals surface area contributed by atoms with E-state index in [0.717, 1.165) is 46.7 Å². The zero-order valence-corrected chi connectivity index (χ0v) is 16.0. The Hall–Kier alpha value is -3.28. The first-order chi connectivity index (χ1) is 13.6. The van der Waals surface area contributed by atoms with Crippen molar-refractivity contribution in [2.45, 2.75) is 19.6 Å². The predicted octanol–water partition coefficient (Wildman–Crippen LogP) is 3.67. The van der Waals surface area contributed by atoms with E-state index in [4.69, 9.17) is 9.47 Å². The second-order valence-electron chi connectivity index (χ2n) is 6.97. The number of pyridine rings is 1. The number of hydrogen-bond acceptors (Lipinski definition) is 5. The lowest BCUT2D eigenvalue weighted by molar-refractivity contribution is 0.134. The van der Waals surface area contributed by atoms with Crippen molar-refractivity contribution in [2.75, 3.05) is 25.1 Å². The van der Waals surface area contributed by atoms with Gasteiger partial charge < -0.3 is 19.7 Å². The van der Waals surface area contributed by atoms with Crippen LogP contribution in [-0.2, 0) is 11.3 Å². The van der Waals surface area contributed by atoms with Crippen molar-refractivity contribution >= 4 is 22.7 Å². The second kappa shape index (κ2) is 7.76. The molecule has 144 valence electrons. The minimum Gasteiger partial charge on any atom is -0.497 e. The smallest absolute Gasteiger partial charge is 0.407 e. The molecule has 0 bridgehead atoms. The van der Waals surface area contributed by atoms with E-state index in [0.29, 0.717) is 0 Å². The van der Waals surface area contributed by atoms with Gasteiger partial charge in [-0.15, -0.1) is 0 Å². The Balaban J connectivity index is 1.37. The number of anilines is 1. The van der Waals surface area contributed by atoms with Crippen molar-refractivity contribution in [1.82, 2.24) is 10.3 Å². The van der Waals surface area contributed by atoms with Crippen LogP contribution in [0.1, 0.15) is 11.3 Å². The van der Waals surface area contributed by atoms with Gasteiger partial charge in [0, 0.05) is 29.9 Å². The molecule has 2 heterocycles. The van der Waals surface area contributed by atoms with E-state index in [2.05, 4.69) is 21.3 Å². The molecule has 1 amide bonds. The van der Waals surface area contributed by atoms with Crippen LogP contribution < -0.4 is 15.0 Å². The van der Waals surface area contributed by atoms with Crippen molar-refractivity contribution in [2.24, 2.45) is 0 Å². The third kappa shape index (κ3) is 3.86. The van der Waals surface area contributed by atoms with Crippen LogP contribution in [0.5, 0.6) is 5.75 Å². The molecule has 0 atom stereocenters. The molecule has 0 saturated carbocycles. The van der Waals surface area contributed by atoms with Crippen LogP contribution in [0, 0.1) is 6.92 Å². The molecule has 1 aliphatic heterocycles. The Labute approximate surface area is 164 Å². The van der Waals surface area contributed by atoms with Gasteiger partial charge in [-0.1, -0.05) is 30.3 Å². The Morgan fingerprint density at radius 2 is 1.96 bits per heavy atom. The summed E-state index contributed by atoms with van der Waals surface area (Å²) in [5.74, 6) is 0.805. The summed E-state index contributed by atoms with van der Waals surface area (Å²) in [6.45, 7) is 3.73. The lowest BCUT2D eigenvalue weighted by atomic mass is 10.0. The number of amides is 1. The summed E-state index contributed by atoms with van der Waals surface area (Å²) in [5, 5.41) is 3.98. The monoisotopic (exact) mass is 377 g/mol. The van der Waals surface area contributed by atoms with Crippen molar-refractivity contribution < 1.29 is 14.3 Å². The Kier molecular flexibility index (Phi) is 5.02. The number of ether oxygens (including phenoxy) is 2. The molecule has 28 heavy (non-hydrogen) atoms. The van der Waals surface area contributed by atoms with E-state index in [1.54, 1.807) is 7.11 Å². The predicted molar refractivity (Wildman–Crippen MR) is 109 cm³/mol. The number of benzene rings is 2. The van der Waals surface area contributed by atoms with Gasteiger partial charge in [-0.2, -0.15) is 0 Å². The summed E-state index contributed by atoms with van der Waals surface area (Å²) >= 11 is 0. The summed E-state index contributed by atoms with van der Waals surface area (Å²) < 4.78 is 10.7. The first kappa shape index (κ1) is 18.1. The summed E-state index contributed by atoms with van der Waals surface area (Å²) in [5.41, 5.74) is 3.98. The van der Waals surface area contributed by atoms with Gasteiger partial charge in [0.15, 0.2) is 0 Å². The summed E-state index contributed by atoms with van der Waals surface area (Å²) in [6.07, 6.45) is -0.383. The molecule has 6 nitrogen and oxygen atoms in total. The fourth-order valence-electron chi connectivity index (χ4n) is 3.40.